The van der Waals surface area contributed by atoms with Crippen LogP contribution < -0.4 is 27.4 Å². The summed E-state index contributed by atoms with van der Waals surface area (Å²) in [6.07, 6.45) is 0.0256. The second-order valence-electron chi connectivity index (χ2n) is 9.53. The normalized spacial score (nSPS) is 15.2. The fourth-order valence-corrected chi connectivity index (χ4v) is 3.81. The van der Waals surface area contributed by atoms with Gasteiger partial charge >= 0.3 is 5.97 Å². The van der Waals surface area contributed by atoms with E-state index in [1.54, 1.807) is 20.0 Å². The number of aromatic nitrogens is 1. The Labute approximate surface area is 219 Å². The summed E-state index contributed by atoms with van der Waals surface area (Å²) in [6, 6.07) is 2.22. The van der Waals surface area contributed by atoms with Crippen molar-refractivity contribution in [1.29, 1.82) is 0 Å². The Morgan fingerprint density at radius 2 is 1.55 bits per heavy atom. The lowest BCUT2D eigenvalue weighted by Crippen LogP contribution is -2.59. The van der Waals surface area contributed by atoms with Gasteiger partial charge < -0.3 is 42.6 Å². The SMILES string of the molecule is CC(C)C(NC(=O)C(Cc1c[nH]c2ccccc12)NC(=O)C(CCC(N)=O)NC(=O)C(N)C(C)O)C(=O)O. The Bertz CT molecular complexity index is 1160. The number of para-hydroxylation sites is 1. The highest BCUT2D eigenvalue weighted by atomic mass is 16.4. The summed E-state index contributed by atoms with van der Waals surface area (Å²) in [5, 5.41) is 27.4. The summed E-state index contributed by atoms with van der Waals surface area (Å²) in [6.45, 7) is 4.57. The van der Waals surface area contributed by atoms with Crippen molar-refractivity contribution in [2.24, 2.45) is 17.4 Å². The van der Waals surface area contributed by atoms with Crippen LogP contribution in [0.5, 0.6) is 0 Å². The summed E-state index contributed by atoms with van der Waals surface area (Å²) in [5.74, 6) is -4.78. The van der Waals surface area contributed by atoms with E-state index in [-0.39, 0.29) is 19.3 Å². The van der Waals surface area contributed by atoms with E-state index >= 15 is 0 Å². The van der Waals surface area contributed by atoms with Gasteiger partial charge in [0.15, 0.2) is 0 Å². The smallest absolute Gasteiger partial charge is 0.326 e. The first kappa shape index (κ1) is 30.3. The Balaban J connectivity index is 2.35. The lowest BCUT2D eigenvalue weighted by molar-refractivity contribution is -0.143. The number of H-pyrrole nitrogens is 1. The van der Waals surface area contributed by atoms with E-state index in [0.29, 0.717) is 5.56 Å². The van der Waals surface area contributed by atoms with E-state index in [9.17, 15) is 34.2 Å². The number of hydrogen-bond acceptors (Lipinski definition) is 7. The molecule has 0 saturated heterocycles. The van der Waals surface area contributed by atoms with E-state index in [1.165, 1.54) is 6.92 Å². The number of aliphatic hydroxyl groups is 1. The van der Waals surface area contributed by atoms with Crippen LogP contribution in [0.1, 0.15) is 39.2 Å². The highest BCUT2D eigenvalue weighted by Crippen LogP contribution is 2.19. The summed E-state index contributed by atoms with van der Waals surface area (Å²) < 4.78 is 0. The Morgan fingerprint density at radius 3 is 2.13 bits per heavy atom. The van der Waals surface area contributed by atoms with Crippen molar-refractivity contribution in [2.75, 3.05) is 0 Å². The standard InChI is InChI=1S/C25H36N6O7/c1-12(2)21(25(37)38)31-23(35)18(10-14-11-28-16-7-5-4-6-15(14)16)30-22(34)17(8-9-19(26)33)29-24(36)20(27)13(3)32/h4-7,11-13,17-18,20-21,28,32H,8-10,27H2,1-3H3,(H2,26,33)(H,29,36)(H,30,34)(H,31,35)(H,37,38). The molecule has 4 amide bonds. The fourth-order valence-electron chi connectivity index (χ4n) is 3.81. The van der Waals surface area contributed by atoms with E-state index < -0.39 is 65.8 Å². The Hall–Kier alpha value is -3.97. The summed E-state index contributed by atoms with van der Waals surface area (Å²) in [5.41, 5.74) is 12.4. The molecule has 5 unspecified atom stereocenters. The van der Waals surface area contributed by atoms with Crippen LogP contribution in [-0.2, 0) is 30.4 Å². The zero-order chi connectivity index (χ0) is 28.6. The van der Waals surface area contributed by atoms with Crippen molar-refractivity contribution >= 4 is 40.5 Å². The van der Waals surface area contributed by atoms with E-state index in [0.717, 1.165) is 10.9 Å². The number of carbonyl (C=O) groups excluding carboxylic acids is 4. The van der Waals surface area contributed by atoms with Crippen LogP contribution in [0.25, 0.3) is 10.9 Å². The second-order valence-corrected chi connectivity index (χ2v) is 9.53. The maximum absolute atomic E-state index is 13.3. The van der Waals surface area contributed by atoms with Crippen molar-refractivity contribution < 1.29 is 34.2 Å². The van der Waals surface area contributed by atoms with Crippen molar-refractivity contribution in [2.45, 2.75) is 70.3 Å². The number of carboxylic acids is 1. The van der Waals surface area contributed by atoms with Crippen LogP contribution >= 0.6 is 0 Å². The van der Waals surface area contributed by atoms with Crippen molar-refractivity contribution in [3.63, 3.8) is 0 Å². The molecule has 1 aromatic carbocycles. The molecule has 0 saturated carbocycles. The third kappa shape index (κ3) is 8.28. The fraction of sp³-hybridized carbons (Fsp3) is 0.480. The first-order valence-corrected chi connectivity index (χ1v) is 12.2. The van der Waals surface area contributed by atoms with Gasteiger partial charge in [0.25, 0.3) is 0 Å². The number of carboxylic acid groups (broad SMARTS) is 1. The lowest BCUT2D eigenvalue weighted by Gasteiger charge is -2.26. The van der Waals surface area contributed by atoms with Gasteiger partial charge in [-0.15, -0.1) is 0 Å². The third-order valence-electron chi connectivity index (χ3n) is 6.10. The monoisotopic (exact) mass is 532 g/mol. The number of benzene rings is 1. The number of aliphatic hydroxyl groups excluding tert-OH is 1. The van der Waals surface area contributed by atoms with Gasteiger partial charge in [0, 0.05) is 29.9 Å². The maximum Gasteiger partial charge on any atom is 0.326 e. The van der Waals surface area contributed by atoms with Crippen LogP contribution in [0.3, 0.4) is 0 Å². The molecule has 0 bridgehead atoms. The zero-order valence-corrected chi connectivity index (χ0v) is 21.6. The minimum Gasteiger partial charge on any atom is -0.480 e. The van der Waals surface area contributed by atoms with Crippen LogP contribution in [0.15, 0.2) is 30.5 Å². The molecule has 0 aliphatic carbocycles. The van der Waals surface area contributed by atoms with Gasteiger partial charge in [0.1, 0.15) is 24.2 Å². The predicted molar refractivity (Wildman–Crippen MR) is 138 cm³/mol. The molecule has 1 aromatic heterocycles. The molecule has 0 spiro atoms. The molecule has 38 heavy (non-hydrogen) atoms. The van der Waals surface area contributed by atoms with E-state index in [2.05, 4.69) is 20.9 Å². The lowest BCUT2D eigenvalue weighted by atomic mass is 10.0. The highest BCUT2D eigenvalue weighted by molar-refractivity contribution is 5.95. The van der Waals surface area contributed by atoms with Crippen molar-refractivity contribution in [3.8, 4) is 0 Å². The third-order valence-corrected chi connectivity index (χ3v) is 6.10. The quantitative estimate of drug-likeness (QED) is 0.148. The second kappa shape index (κ2) is 13.5. The Kier molecular flexibility index (Phi) is 10.8. The van der Waals surface area contributed by atoms with Crippen molar-refractivity contribution in [3.05, 3.63) is 36.0 Å². The van der Waals surface area contributed by atoms with E-state index in [1.807, 2.05) is 24.3 Å². The van der Waals surface area contributed by atoms with Crippen LogP contribution in [0.2, 0.25) is 0 Å². The number of carbonyl (C=O) groups is 5. The predicted octanol–water partition coefficient (Wildman–Crippen LogP) is -1.12. The molecule has 2 aromatic rings. The van der Waals surface area contributed by atoms with Gasteiger partial charge in [-0.3, -0.25) is 19.2 Å². The average Bonchev–Trinajstić information content (AvgIpc) is 3.25. The number of nitrogens with two attached hydrogens (primary N) is 2. The average molecular weight is 533 g/mol. The van der Waals surface area contributed by atoms with Gasteiger partial charge in [0.2, 0.25) is 23.6 Å². The first-order valence-electron chi connectivity index (χ1n) is 12.2. The molecule has 13 nitrogen and oxygen atoms in total. The summed E-state index contributed by atoms with van der Waals surface area (Å²) in [4.78, 5) is 65.1. The molecule has 10 N–H and O–H groups in total. The molecule has 5 atom stereocenters. The van der Waals surface area contributed by atoms with Crippen LogP contribution in [0, 0.1) is 5.92 Å². The van der Waals surface area contributed by atoms with Gasteiger partial charge in [0.05, 0.1) is 6.10 Å². The van der Waals surface area contributed by atoms with Gasteiger partial charge in [-0.25, -0.2) is 4.79 Å². The molecule has 1 heterocycles. The number of nitrogens with one attached hydrogen (secondary N) is 4. The van der Waals surface area contributed by atoms with Crippen molar-refractivity contribution in [1.82, 2.24) is 20.9 Å². The maximum atomic E-state index is 13.3. The minimum atomic E-state index is -1.34. The number of hydrogen-bond donors (Lipinski definition) is 8. The molecule has 0 aliphatic heterocycles. The Morgan fingerprint density at radius 1 is 0.947 bits per heavy atom. The first-order chi connectivity index (χ1) is 17.8. The number of aromatic amines is 1. The molecule has 2 rings (SSSR count). The largest absolute Gasteiger partial charge is 0.480 e. The number of amides is 4. The van der Waals surface area contributed by atoms with Gasteiger partial charge in [-0.05, 0) is 30.9 Å². The topological polar surface area (TPSA) is 230 Å². The number of rotatable bonds is 14. The summed E-state index contributed by atoms with van der Waals surface area (Å²) in [7, 11) is 0. The molecular formula is C25H36N6O7. The molecule has 0 radical (unpaired) electrons. The molecule has 208 valence electrons. The molecule has 0 aliphatic rings. The molecule has 0 fully saturated rings. The van der Waals surface area contributed by atoms with E-state index in [4.69, 9.17) is 11.5 Å². The van der Waals surface area contributed by atoms with Crippen LogP contribution in [0.4, 0.5) is 0 Å². The van der Waals surface area contributed by atoms with Gasteiger partial charge in [-0.1, -0.05) is 32.0 Å². The van der Waals surface area contributed by atoms with Crippen LogP contribution in [-0.4, -0.2) is 75.1 Å². The molecular weight excluding hydrogens is 496 g/mol. The number of aliphatic carboxylic acids is 1. The zero-order valence-electron chi connectivity index (χ0n) is 21.6. The number of fused-ring (bicyclic) bond motifs is 1. The number of primary amides is 1. The highest BCUT2D eigenvalue weighted by Gasteiger charge is 2.32. The minimum absolute atomic E-state index is 0.00427. The molecule has 13 heteroatoms. The van der Waals surface area contributed by atoms with Gasteiger partial charge in [-0.2, -0.15) is 0 Å². The summed E-state index contributed by atoms with van der Waals surface area (Å²) >= 11 is 0.